The average molecular weight is 372 g/mol. The van der Waals surface area contributed by atoms with Gasteiger partial charge in [0, 0.05) is 17.3 Å². The number of hydrogen-bond donors (Lipinski definition) is 2. The second-order valence-corrected chi connectivity index (χ2v) is 8.80. The molecule has 138 valence electrons. The Bertz CT molecular complexity index is 892. The van der Waals surface area contributed by atoms with Gasteiger partial charge in [0.25, 0.3) is 0 Å². The molecule has 26 heavy (non-hydrogen) atoms. The molecule has 1 amide bonds. The van der Waals surface area contributed by atoms with E-state index in [0.717, 1.165) is 11.1 Å². The molecular weight excluding hydrogens is 348 g/mol. The molecule has 0 aliphatic carbocycles. The number of hydrogen-bond acceptors (Lipinski definition) is 3. The number of carbonyl (C=O) groups is 1. The Kier molecular flexibility index (Phi) is 6.00. The highest BCUT2D eigenvalue weighted by Crippen LogP contribution is 2.16. The molecule has 0 unspecified atom stereocenters. The van der Waals surface area contributed by atoms with Crippen molar-refractivity contribution in [3.63, 3.8) is 0 Å². The Morgan fingerprint density at radius 1 is 0.962 bits per heavy atom. The Hall–Kier alpha value is -2.44. The first-order valence-electron chi connectivity index (χ1n) is 8.25. The van der Waals surface area contributed by atoms with E-state index in [1.807, 2.05) is 31.2 Å². The molecule has 0 radical (unpaired) electrons. The van der Waals surface area contributed by atoms with Crippen molar-refractivity contribution < 1.29 is 13.2 Å². The molecule has 2 rings (SSSR count). The fourth-order valence-corrected chi connectivity index (χ4v) is 3.63. The molecule has 2 aromatic rings. The molecule has 0 saturated carbocycles. The summed E-state index contributed by atoms with van der Waals surface area (Å²) in [6.07, 6.45) is 3.16. The van der Waals surface area contributed by atoms with Gasteiger partial charge in [0.15, 0.2) is 0 Å². The van der Waals surface area contributed by atoms with Crippen molar-refractivity contribution in [2.24, 2.45) is 0 Å². The van der Waals surface area contributed by atoms with E-state index in [2.05, 4.69) is 10.0 Å². The highest BCUT2D eigenvalue weighted by atomic mass is 32.2. The van der Waals surface area contributed by atoms with E-state index >= 15 is 0 Å². The predicted molar refractivity (Wildman–Crippen MR) is 105 cm³/mol. The first kappa shape index (κ1) is 19.9. The summed E-state index contributed by atoms with van der Waals surface area (Å²) >= 11 is 0. The van der Waals surface area contributed by atoms with Crippen LogP contribution in [0.1, 0.15) is 31.9 Å². The minimum atomic E-state index is -3.59. The second-order valence-electron chi connectivity index (χ2n) is 7.11. The highest BCUT2D eigenvalue weighted by molar-refractivity contribution is 7.89. The van der Waals surface area contributed by atoms with Crippen molar-refractivity contribution in [2.45, 2.75) is 38.1 Å². The van der Waals surface area contributed by atoms with Crippen LogP contribution >= 0.6 is 0 Å². The van der Waals surface area contributed by atoms with Crippen molar-refractivity contribution in [3.05, 3.63) is 65.7 Å². The minimum Gasteiger partial charge on any atom is -0.323 e. The van der Waals surface area contributed by atoms with E-state index in [0.29, 0.717) is 5.69 Å². The molecule has 0 heterocycles. The minimum absolute atomic E-state index is 0.153. The van der Waals surface area contributed by atoms with Crippen LogP contribution in [-0.2, 0) is 14.8 Å². The predicted octanol–water partition coefficient (Wildman–Crippen LogP) is 3.72. The van der Waals surface area contributed by atoms with Gasteiger partial charge >= 0.3 is 0 Å². The first-order valence-corrected chi connectivity index (χ1v) is 9.73. The van der Waals surface area contributed by atoms with Crippen LogP contribution in [0.2, 0.25) is 0 Å². The topological polar surface area (TPSA) is 75.3 Å². The standard InChI is InChI=1S/C20H24N2O3S/c1-15-5-7-16(8-6-15)9-14-19(23)21-17-10-12-18(13-11-17)26(24,25)22-20(2,3)4/h5-14,22H,1-4H3,(H,21,23). The van der Waals surface area contributed by atoms with Crippen molar-refractivity contribution in [1.29, 1.82) is 0 Å². The largest absolute Gasteiger partial charge is 0.323 e. The molecule has 0 aromatic heterocycles. The number of anilines is 1. The lowest BCUT2D eigenvalue weighted by molar-refractivity contribution is -0.111. The van der Waals surface area contributed by atoms with Gasteiger partial charge in [-0.1, -0.05) is 29.8 Å². The van der Waals surface area contributed by atoms with Gasteiger partial charge in [-0.2, -0.15) is 0 Å². The van der Waals surface area contributed by atoms with E-state index in [1.165, 1.54) is 18.2 Å². The maximum Gasteiger partial charge on any atom is 0.248 e. The quantitative estimate of drug-likeness (QED) is 0.786. The van der Waals surface area contributed by atoms with Crippen LogP contribution in [0.5, 0.6) is 0 Å². The lowest BCUT2D eigenvalue weighted by atomic mass is 10.1. The van der Waals surface area contributed by atoms with Crippen LogP contribution in [0, 0.1) is 6.92 Å². The zero-order chi connectivity index (χ0) is 19.4. The van der Waals surface area contributed by atoms with Gasteiger partial charge in [-0.15, -0.1) is 0 Å². The zero-order valence-electron chi connectivity index (χ0n) is 15.4. The van der Waals surface area contributed by atoms with Gasteiger partial charge in [-0.05, 0) is 63.6 Å². The van der Waals surface area contributed by atoms with Crippen LogP contribution in [0.4, 0.5) is 5.69 Å². The van der Waals surface area contributed by atoms with Gasteiger partial charge < -0.3 is 5.32 Å². The summed E-state index contributed by atoms with van der Waals surface area (Å²) in [5.41, 5.74) is 2.05. The summed E-state index contributed by atoms with van der Waals surface area (Å²) in [6.45, 7) is 7.33. The number of rotatable bonds is 5. The molecule has 0 bridgehead atoms. The Morgan fingerprint density at radius 2 is 1.54 bits per heavy atom. The lowest BCUT2D eigenvalue weighted by Crippen LogP contribution is -2.40. The van der Waals surface area contributed by atoms with Gasteiger partial charge in [0.1, 0.15) is 0 Å². The fraction of sp³-hybridized carbons (Fsp3) is 0.250. The molecular formula is C20H24N2O3S. The number of aryl methyl sites for hydroxylation is 1. The third-order valence-corrected chi connectivity index (χ3v) is 5.15. The van der Waals surface area contributed by atoms with E-state index < -0.39 is 15.6 Å². The number of sulfonamides is 1. The van der Waals surface area contributed by atoms with Crippen LogP contribution in [0.3, 0.4) is 0 Å². The smallest absolute Gasteiger partial charge is 0.248 e. The van der Waals surface area contributed by atoms with Crippen molar-refractivity contribution in [2.75, 3.05) is 5.32 Å². The van der Waals surface area contributed by atoms with Gasteiger partial charge in [-0.25, -0.2) is 13.1 Å². The van der Waals surface area contributed by atoms with E-state index in [-0.39, 0.29) is 10.8 Å². The molecule has 0 saturated heterocycles. The monoisotopic (exact) mass is 372 g/mol. The summed E-state index contributed by atoms with van der Waals surface area (Å²) < 4.78 is 27.1. The lowest BCUT2D eigenvalue weighted by Gasteiger charge is -2.20. The normalized spacial score (nSPS) is 12.3. The third kappa shape index (κ3) is 6.13. The Morgan fingerprint density at radius 3 is 2.08 bits per heavy atom. The average Bonchev–Trinajstić information content (AvgIpc) is 2.52. The van der Waals surface area contributed by atoms with Crippen molar-refractivity contribution in [1.82, 2.24) is 4.72 Å². The Balaban J connectivity index is 2.02. The molecule has 0 aliphatic rings. The Labute approximate surface area is 155 Å². The number of benzene rings is 2. The second kappa shape index (κ2) is 7.85. The van der Waals surface area contributed by atoms with E-state index in [9.17, 15) is 13.2 Å². The third-order valence-electron chi connectivity index (χ3n) is 3.38. The van der Waals surface area contributed by atoms with Gasteiger partial charge in [-0.3, -0.25) is 4.79 Å². The molecule has 0 fully saturated rings. The molecule has 5 nitrogen and oxygen atoms in total. The van der Waals surface area contributed by atoms with Gasteiger partial charge in [0.05, 0.1) is 4.90 Å². The van der Waals surface area contributed by atoms with Crippen LogP contribution < -0.4 is 10.0 Å². The molecule has 0 spiro atoms. The SMILES string of the molecule is Cc1ccc(C=CC(=O)Nc2ccc(S(=O)(=O)NC(C)(C)C)cc2)cc1. The van der Waals surface area contributed by atoms with Crippen LogP contribution in [0.25, 0.3) is 6.08 Å². The maximum absolute atomic E-state index is 12.3. The summed E-state index contributed by atoms with van der Waals surface area (Å²) in [4.78, 5) is 12.1. The van der Waals surface area contributed by atoms with Gasteiger partial charge in [0.2, 0.25) is 15.9 Å². The molecule has 2 aromatic carbocycles. The van der Waals surface area contributed by atoms with Crippen LogP contribution in [0.15, 0.2) is 59.5 Å². The molecule has 0 aliphatic heterocycles. The first-order chi connectivity index (χ1) is 12.0. The maximum atomic E-state index is 12.3. The van der Waals surface area contributed by atoms with Crippen LogP contribution in [-0.4, -0.2) is 19.9 Å². The number of amides is 1. The van der Waals surface area contributed by atoms with Crippen molar-refractivity contribution in [3.8, 4) is 0 Å². The molecule has 2 N–H and O–H groups in total. The summed E-state index contributed by atoms with van der Waals surface area (Å²) in [7, 11) is -3.59. The fourth-order valence-electron chi connectivity index (χ4n) is 2.21. The summed E-state index contributed by atoms with van der Waals surface area (Å²) in [5, 5.41) is 2.71. The summed E-state index contributed by atoms with van der Waals surface area (Å²) in [6, 6.07) is 13.9. The van der Waals surface area contributed by atoms with E-state index in [4.69, 9.17) is 0 Å². The van der Waals surface area contributed by atoms with Crippen molar-refractivity contribution >= 4 is 27.7 Å². The number of nitrogens with one attached hydrogen (secondary N) is 2. The van der Waals surface area contributed by atoms with E-state index in [1.54, 1.807) is 39.0 Å². The number of carbonyl (C=O) groups excluding carboxylic acids is 1. The summed E-state index contributed by atoms with van der Waals surface area (Å²) in [5.74, 6) is -0.283. The molecule has 6 heteroatoms. The molecule has 0 atom stereocenters. The highest BCUT2D eigenvalue weighted by Gasteiger charge is 2.21. The zero-order valence-corrected chi connectivity index (χ0v) is 16.2.